The van der Waals surface area contributed by atoms with Gasteiger partial charge in [0.1, 0.15) is 5.84 Å². The van der Waals surface area contributed by atoms with Gasteiger partial charge in [0.05, 0.1) is 7.11 Å². The first kappa shape index (κ1) is 12.2. The van der Waals surface area contributed by atoms with Crippen LogP contribution in [0.4, 0.5) is 0 Å². The van der Waals surface area contributed by atoms with Gasteiger partial charge in [-0.2, -0.15) is 0 Å². The van der Waals surface area contributed by atoms with Crippen LogP contribution in [0, 0.1) is 5.41 Å². The Morgan fingerprint density at radius 2 is 1.79 bits per heavy atom. The van der Waals surface area contributed by atoms with Gasteiger partial charge < -0.3 is 10.5 Å². The van der Waals surface area contributed by atoms with Gasteiger partial charge in [-0.25, -0.2) is 0 Å². The van der Waals surface area contributed by atoms with Crippen LogP contribution in [0.1, 0.15) is 12.5 Å². The largest absolute Gasteiger partial charge is 0.469 e. The highest BCUT2D eigenvalue weighted by Gasteiger charge is 1.89. The standard InChI is InChI=1S/C7H8N2.C3H6O2/c8-7(9)6-4-2-1-3-5-6;1-3(4)5-2/h1-5H,(H3,8,9);1-2H3. The Kier molecular flexibility index (Phi) is 5.78. The van der Waals surface area contributed by atoms with Crippen molar-refractivity contribution >= 4 is 11.8 Å². The lowest BCUT2D eigenvalue weighted by atomic mass is 10.2. The van der Waals surface area contributed by atoms with Gasteiger partial charge in [0.25, 0.3) is 0 Å². The maximum Gasteiger partial charge on any atom is 0.302 e. The summed E-state index contributed by atoms with van der Waals surface area (Å²) in [5.41, 5.74) is 5.97. The predicted molar refractivity (Wildman–Crippen MR) is 55.1 cm³/mol. The second-order valence-electron chi connectivity index (χ2n) is 2.48. The van der Waals surface area contributed by atoms with E-state index in [0.29, 0.717) is 0 Å². The number of carbonyl (C=O) groups is 1. The maximum atomic E-state index is 9.59. The molecule has 76 valence electrons. The molecule has 0 aromatic heterocycles. The summed E-state index contributed by atoms with van der Waals surface area (Å²) in [5, 5.41) is 7.01. The molecule has 0 radical (unpaired) electrons. The van der Waals surface area contributed by atoms with Crippen LogP contribution in [-0.2, 0) is 9.53 Å². The average molecular weight is 194 g/mol. The molecule has 14 heavy (non-hydrogen) atoms. The van der Waals surface area contributed by atoms with E-state index in [1.165, 1.54) is 14.0 Å². The lowest BCUT2D eigenvalue weighted by molar-refractivity contribution is -0.137. The molecule has 1 aromatic rings. The fraction of sp³-hybridized carbons (Fsp3) is 0.200. The Morgan fingerprint density at radius 1 is 1.36 bits per heavy atom. The Hall–Kier alpha value is -1.84. The van der Waals surface area contributed by atoms with Crippen molar-refractivity contribution in [1.82, 2.24) is 0 Å². The molecule has 0 spiro atoms. The summed E-state index contributed by atoms with van der Waals surface area (Å²) in [7, 11) is 1.35. The number of nitrogens with one attached hydrogen (secondary N) is 1. The molecule has 0 bridgehead atoms. The predicted octanol–water partition coefficient (Wildman–Crippen LogP) is 1.15. The summed E-state index contributed by atoms with van der Waals surface area (Å²) in [6, 6.07) is 9.23. The van der Waals surface area contributed by atoms with Gasteiger partial charge in [-0.1, -0.05) is 30.3 Å². The van der Waals surface area contributed by atoms with Crippen molar-refractivity contribution in [3.05, 3.63) is 35.9 Å². The van der Waals surface area contributed by atoms with Crippen LogP contribution in [0.15, 0.2) is 30.3 Å². The molecule has 4 nitrogen and oxygen atoms in total. The van der Waals surface area contributed by atoms with E-state index in [-0.39, 0.29) is 11.8 Å². The van der Waals surface area contributed by atoms with Crippen LogP contribution >= 0.6 is 0 Å². The first-order valence-electron chi connectivity index (χ1n) is 4.02. The van der Waals surface area contributed by atoms with E-state index in [2.05, 4.69) is 4.74 Å². The Morgan fingerprint density at radius 3 is 2.00 bits per heavy atom. The van der Waals surface area contributed by atoms with Gasteiger partial charge in [-0.3, -0.25) is 10.2 Å². The smallest absolute Gasteiger partial charge is 0.302 e. The molecule has 0 fully saturated rings. The van der Waals surface area contributed by atoms with E-state index in [1.54, 1.807) is 0 Å². The zero-order chi connectivity index (χ0) is 11.0. The SMILES string of the molecule is COC(C)=O.N=C(N)c1ccccc1. The van der Waals surface area contributed by atoms with Crippen molar-refractivity contribution in [3.63, 3.8) is 0 Å². The molecule has 0 aliphatic carbocycles. The zero-order valence-corrected chi connectivity index (χ0v) is 8.28. The molecule has 4 heteroatoms. The van der Waals surface area contributed by atoms with E-state index >= 15 is 0 Å². The van der Waals surface area contributed by atoms with Crippen LogP contribution in [0.2, 0.25) is 0 Å². The highest BCUT2D eigenvalue weighted by Crippen LogP contribution is 1.94. The lowest BCUT2D eigenvalue weighted by Crippen LogP contribution is -2.10. The zero-order valence-electron chi connectivity index (χ0n) is 8.28. The van der Waals surface area contributed by atoms with Gasteiger partial charge in [0.15, 0.2) is 0 Å². The van der Waals surface area contributed by atoms with Crippen molar-refractivity contribution in [2.75, 3.05) is 7.11 Å². The molecule has 0 saturated heterocycles. The summed E-state index contributed by atoms with van der Waals surface area (Å²) in [5.74, 6) is -0.124. The number of methoxy groups -OCH3 is 1. The first-order chi connectivity index (χ1) is 6.57. The van der Waals surface area contributed by atoms with Gasteiger partial charge in [0, 0.05) is 12.5 Å². The number of hydrogen-bond acceptors (Lipinski definition) is 3. The number of amidine groups is 1. The Balaban J connectivity index is 0.000000292. The molecule has 3 N–H and O–H groups in total. The summed E-state index contributed by atoms with van der Waals surface area (Å²) < 4.78 is 4.11. The minimum Gasteiger partial charge on any atom is -0.469 e. The molecular formula is C10H14N2O2. The van der Waals surface area contributed by atoms with Crippen molar-refractivity contribution in [1.29, 1.82) is 5.41 Å². The fourth-order valence-electron chi connectivity index (χ4n) is 0.618. The lowest BCUT2D eigenvalue weighted by Gasteiger charge is -1.93. The van der Waals surface area contributed by atoms with E-state index in [4.69, 9.17) is 11.1 Å². The van der Waals surface area contributed by atoms with Crippen LogP contribution in [0.25, 0.3) is 0 Å². The molecule has 0 saturated carbocycles. The van der Waals surface area contributed by atoms with Crippen molar-refractivity contribution < 1.29 is 9.53 Å². The third-order valence-corrected chi connectivity index (χ3v) is 1.37. The molecule has 0 unspecified atom stereocenters. The third-order valence-electron chi connectivity index (χ3n) is 1.37. The van der Waals surface area contributed by atoms with E-state index in [9.17, 15) is 4.79 Å². The number of ether oxygens (including phenoxy) is 1. The quantitative estimate of drug-likeness (QED) is 0.400. The molecule has 0 atom stereocenters. The van der Waals surface area contributed by atoms with Crippen LogP contribution < -0.4 is 5.73 Å². The molecular weight excluding hydrogens is 180 g/mol. The van der Waals surface area contributed by atoms with E-state index in [0.717, 1.165) is 5.56 Å². The highest BCUT2D eigenvalue weighted by atomic mass is 16.5. The number of rotatable bonds is 1. The van der Waals surface area contributed by atoms with Crippen LogP contribution in [0.3, 0.4) is 0 Å². The normalized spacial score (nSPS) is 8.14. The van der Waals surface area contributed by atoms with E-state index in [1.807, 2.05) is 30.3 Å². The van der Waals surface area contributed by atoms with Gasteiger partial charge in [-0.05, 0) is 0 Å². The van der Waals surface area contributed by atoms with Crippen molar-refractivity contribution in [2.24, 2.45) is 5.73 Å². The third kappa shape index (κ3) is 5.77. The number of nitrogen functional groups attached to an aromatic ring is 1. The number of hydrogen-bond donors (Lipinski definition) is 2. The Labute approximate surface area is 83.2 Å². The Bertz CT molecular complexity index is 296. The minimum absolute atomic E-state index is 0.121. The van der Waals surface area contributed by atoms with Gasteiger partial charge in [0.2, 0.25) is 0 Å². The van der Waals surface area contributed by atoms with Crippen LogP contribution in [0.5, 0.6) is 0 Å². The molecule has 1 rings (SSSR count). The van der Waals surface area contributed by atoms with Crippen LogP contribution in [-0.4, -0.2) is 18.9 Å². The van der Waals surface area contributed by atoms with E-state index < -0.39 is 0 Å². The number of carbonyl (C=O) groups excluding carboxylic acids is 1. The second-order valence-corrected chi connectivity index (χ2v) is 2.48. The average Bonchev–Trinajstić information content (AvgIpc) is 2.20. The van der Waals surface area contributed by atoms with Gasteiger partial charge >= 0.3 is 5.97 Å². The molecule has 0 aliphatic heterocycles. The second kappa shape index (κ2) is 6.65. The monoisotopic (exact) mass is 194 g/mol. The molecule has 1 aromatic carbocycles. The number of benzene rings is 1. The summed E-state index contributed by atoms with van der Waals surface area (Å²) in [6.07, 6.45) is 0. The molecule has 0 amide bonds. The minimum atomic E-state index is -0.245. The molecule has 0 aliphatic rings. The highest BCUT2D eigenvalue weighted by molar-refractivity contribution is 5.94. The summed E-state index contributed by atoms with van der Waals surface area (Å²) in [4.78, 5) is 9.59. The summed E-state index contributed by atoms with van der Waals surface area (Å²) >= 11 is 0. The topological polar surface area (TPSA) is 76.2 Å². The fourth-order valence-corrected chi connectivity index (χ4v) is 0.618. The van der Waals surface area contributed by atoms with Gasteiger partial charge in [-0.15, -0.1) is 0 Å². The number of nitrogens with two attached hydrogens (primary N) is 1. The van der Waals surface area contributed by atoms with Crippen molar-refractivity contribution in [3.8, 4) is 0 Å². The van der Waals surface area contributed by atoms with Crippen molar-refractivity contribution in [2.45, 2.75) is 6.92 Å². The number of esters is 1. The first-order valence-corrected chi connectivity index (χ1v) is 4.02. The maximum absolute atomic E-state index is 9.59. The molecule has 0 heterocycles. The summed E-state index contributed by atoms with van der Waals surface area (Å²) in [6.45, 7) is 1.36.